The molecule has 0 saturated carbocycles. The van der Waals surface area contributed by atoms with E-state index in [2.05, 4.69) is 10.3 Å². The van der Waals surface area contributed by atoms with Crippen molar-refractivity contribution in [2.24, 2.45) is 0 Å². The molecule has 0 fully saturated rings. The summed E-state index contributed by atoms with van der Waals surface area (Å²) in [6.07, 6.45) is 1.68. The first-order chi connectivity index (χ1) is 6.77. The summed E-state index contributed by atoms with van der Waals surface area (Å²) in [4.78, 5) is 25.5. The zero-order chi connectivity index (χ0) is 9.97. The Labute approximate surface area is 79.9 Å². The number of hydrogen-bond donors (Lipinski definition) is 1. The second-order valence-corrected chi connectivity index (χ2v) is 2.93. The Morgan fingerprint density at radius 1 is 1.29 bits per heavy atom. The zero-order valence-electron chi connectivity index (χ0n) is 7.36. The molecule has 2 aromatic rings. The molecule has 1 heterocycles. The molecule has 1 aromatic carbocycles. The fourth-order valence-electron chi connectivity index (χ4n) is 1.14. The molecule has 0 unspecified atom stereocenters. The summed E-state index contributed by atoms with van der Waals surface area (Å²) < 4.78 is 0. The van der Waals surface area contributed by atoms with Gasteiger partial charge in [0.2, 0.25) is 10.9 Å². The minimum atomic E-state index is -0.444. The quantitative estimate of drug-likeness (QED) is 0.703. The van der Waals surface area contributed by atoms with Crippen molar-refractivity contribution in [1.29, 1.82) is 0 Å². The maximum absolute atomic E-state index is 10.9. The van der Waals surface area contributed by atoms with E-state index in [0.717, 1.165) is 5.69 Å². The first-order valence-electron chi connectivity index (χ1n) is 4.21. The number of pyridine rings is 1. The summed E-state index contributed by atoms with van der Waals surface area (Å²) in [7, 11) is 0. The van der Waals surface area contributed by atoms with Crippen molar-refractivity contribution < 1.29 is 0 Å². The fourth-order valence-corrected chi connectivity index (χ4v) is 1.14. The Bertz CT molecular complexity index is 498. The predicted molar refractivity (Wildman–Crippen MR) is 52.9 cm³/mol. The van der Waals surface area contributed by atoms with Crippen LogP contribution in [0.3, 0.4) is 0 Å². The van der Waals surface area contributed by atoms with Crippen molar-refractivity contribution in [3.63, 3.8) is 0 Å². The molecule has 4 heteroatoms. The molecule has 0 aliphatic carbocycles. The molecule has 70 valence electrons. The minimum Gasteiger partial charge on any atom is -0.376 e. The summed E-state index contributed by atoms with van der Waals surface area (Å²) >= 11 is 0. The van der Waals surface area contributed by atoms with Gasteiger partial charge in [-0.25, -0.2) is 0 Å². The topological polar surface area (TPSA) is 59.1 Å². The molecule has 0 saturated heterocycles. The molecule has 1 N–H and O–H groups in total. The fraction of sp³-hybridized carbons (Fsp3) is 0.100. The molecule has 1 aromatic heterocycles. The number of nitrogens with zero attached hydrogens (tertiary/aromatic N) is 1. The molecule has 0 amide bonds. The van der Waals surface area contributed by atoms with Gasteiger partial charge in [-0.1, -0.05) is 6.07 Å². The molecule has 14 heavy (non-hydrogen) atoms. The molecule has 4 nitrogen and oxygen atoms in total. The minimum absolute atomic E-state index is 0.376. The average Bonchev–Trinajstić information content (AvgIpc) is 2.25. The van der Waals surface area contributed by atoms with Gasteiger partial charge in [0.05, 0.1) is 17.9 Å². The van der Waals surface area contributed by atoms with Gasteiger partial charge in [0.15, 0.2) is 0 Å². The Morgan fingerprint density at radius 3 is 2.71 bits per heavy atom. The second kappa shape index (κ2) is 3.41. The van der Waals surface area contributed by atoms with E-state index in [1.54, 1.807) is 6.20 Å². The maximum atomic E-state index is 10.9. The zero-order valence-corrected chi connectivity index (χ0v) is 7.36. The second-order valence-electron chi connectivity index (χ2n) is 2.93. The smallest absolute Gasteiger partial charge is 0.248 e. The molecular weight excluding hydrogens is 180 g/mol. The van der Waals surface area contributed by atoms with Crippen LogP contribution in [0.25, 0.3) is 0 Å². The van der Waals surface area contributed by atoms with Gasteiger partial charge in [-0.15, -0.1) is 0 Å². The lowest BCUT2D eigenvalue weighted by molar-refractivity contribution is 1.04. The van der Waals surface area contributed by atoms with E-state index >= 15 is 0 Å². The van der Waals surface area contributed by atoms with Crippen molar-refractivity contribution in [2.75, 3.05) is 5.32 Å². The van der Waals surface area contributed by atoms with E-state index < -0.39 is 10.9 Å². The SMILES string of the molecule is O=c1cc(NCc2ccccn2)c1=O. The molecule has 0 aliphatic heterocycles. The summed E-state index contributed by atoms with van der Waals surface area (Å²) in [6.45, 7) is 0.464. The highest BCUT2D eigenvalue weighted by atomic mass is 16.2. The Hall–Kier alpha value is -1.97. The van der Waals surface area contributed by atoms with Gasteiger partial charge in [-0.05, 0) is 12.1 Å². The largest absolute Gasteiger partial charge is 0.376 e. The third-order valence-corrected chi connectivity index (χ3v) is 1.93. The van der Waals surface area contributed by atoms with Crippen LogP contribution >= 0.6 is 0 Å². The van der Waals surface area contributed by atoms with E-state index in [1.165, 1.54) is 6.07 Å². The lowest BCUT2D eigenvalue weighted by atomic mass is 10.2. The van der Waals surface area contributed by atoms with Gasteiger partial charge >= 0.3 is 0 Å². The summed E-state index contributed by atoms with van der Waals surface area (Å²) in [5, 5.41) is 2.84. The van der Waals surface area contributed by atoms with Crippen molar-refractivity contribution in [3.05, 3.63) is 56.6 Å². The number of nitrogens with one attached hydrogen (secondary N) is 1. The summed E-state index contributed by atoms with van der Waals surface area (Å²) in [5.41, 5.74) is 0.329. The lowest BCUT2D eigenvalue weighted by Gasteiger charge is -2.04. The monoisotopic (exact) mass is 188 g/mol. The first kappa shape index (κ1) is 8.62. The van der Waals surface area contributed by atoms with Crippen LogP contribution in [-0.4, -0.2) is 4.98 Å². The number of anilines is 1. The third kappa shape index (κ3) is 1.54. The Balaban J connectivity index is 2.00. The van der Waals surface area contributed by atoms with E-state index in [4.69, 9.17) is 0 Å². The predicted octanol–water partition coefficient (Wildman–Crippen LogP) is 0.290. The van der Waals surface area contributed by atoms with Gasteiger partial charge in [-0.3, -0.25) is 14.6 Å². The summed E-state index contributed by atoms with van der Waals surface area (Å²) in [5.74, 6) is 0. The molecular formula is C10H8N2O2. The van der Waals surface area contributed by atoms with Crippen LogP contribution in [0.15, 0.2) is 40.1 Å². The van der Waals surface area contributed by atoms with Crippen LogP contribution in [0, 0.1) is 0 Å². The average molecular weight is 188 g/mol. The van der Waals surface area contributed by atoms with Crippen LogP contribution in [0.1, 0.15) is 5.69 Å². The highest BCUT2D eigenvalue weighted by Gasteiger charge is 2.07. The highest BCUT2D eigenvalue weighted by molar-refractivity contribution is 5.47. The van der Waals surface area contributed by atoms with Crippen molar-refractivity contribution in [3.8, 4) is 0 Å². The number of hydrogen-bond acceptors (Lipinski definition) is 4. The first-order valence-corrected chi connectivity index (χ1v) is 4.21. The van der Waals surface area contributed by atoms with E-state index in [9.17, 15) is 9.59 Å². The third-order valence-electron chi connectivity index (χ3n) is 1.93. The van der Waals surface area contributed by atoms with Gasteiger partial charge in [0.1, 0.15) is 0 Å². The standard InChI is InChI=1S/C10H8N2O2/c13-9-5-8(10(9)14)12-6-7-3-1-2-4-11-7/h1-5,12H,6H2. The lowest BCUT2D eigenvalue weighted by Crippen LogP contribution is -2.32. The Morgan fingerprint density at radius 2 is 2.14 bits per heavy atom. The van der Waals surface area contributed by atoms with E-state index in [1.807, 2.05) is 18.2 Å². The normalized spacial score (nSPS) is 10.3. The van der Waals surface area contributed by atoms with Crippen LogP contribution in [0.2, 0.25) is 0 Å². The highest BCUT2D eigenvalue weighted by Crippen LogP contribution is 1.99. The summed E-state index contributed by atoms with van der Waals surface area (Å²) in [6, 6.07) is 6.83. The molecule has 2 rings (SSSR count). The van der Waals surface area contributed by atoms with Crippen molar-refractivity contribution in [1.82, 2.24) is 4.98 Å². The van der Waals surface area contributed by atoms with Crippen molar-refractivity contribution in [2.45, 2.75) is 6.54 Å². The van der Waals surface area contributed by atoms with Gasteiger partial charge in [-0.2, -0.15) is 0 Å². The van der Waals surface area contributed by atoms with Gasteiger partial charge < -0.3 is 5.32 Å². The number of aromatic nitrogens is 1. The molecule has 0 aliphatic rings. The van der Waals surface area contributed by atoms with Gasteiger partial charge in [0, 0.05) is 12.3 Å². The van der Waals surface area contributed by atoms with Crippen molar-refractivity contribution >= 4 is 5.69 Å². The number of rotatable bonds is 3. The molecule has 0 spiro atoms. The van der Waals surface area contributed by atoms with Crippen LogP contribution in [-0.2, 0) is 6.54 Å². The van der Waals surface area contributed by atoms with Crippen LogP contribution in [0.5, 0.6) is 0 Å². The molecule has 0 radical (unpaired) electrons. The Kier molecular flexibility index (Phi) is 2.10. The van der Waals surface area contributed by atoms with E-state index in [-0.39, 0.29) is 0 Å². The molecule has 0 atom stereocenters. The maximum Gasteiger partial charge on any atom is 0.248 e. The van der Waals surface area contributed by atoms with Crippen LogP contribution in [0.4, 0.5) is 5.69 Å². The van der Waals surface area contributed by atoms with E-state index in [0.29, 0.717) is 12.2 Å². The molecule has 0 bridgehead atoms. The van der Waals surface area contributed by atoms with Gasteiger partial charge in [0.25, 0.3) is 0 Å². The van der Waals surface area contributed by atoms with Crippen LogP contribution < -0.4 is 16.2 Å².